The van der Waals surface area contributed by atoms with Gasteiger partial charge in [-0.15, -0.1) is 0 Å². The van der Waals surface area contributed by atoms with Crippen LogP contribution in [0.1, 0.15) is 46.4 Å². The van der Waals surface area contributed by atoms with Crippen LogP contribution in [0, 0.1) is 13.8 Å². The number of carbonyl (C=O) groups is 1. The zero-order valence-electron chi connectivity index (χ0n) is 14.2. The van der Waals surface area contributed by atoms with Crippen molar-refractivity contribution in [1.82, 2.24) is 24.7 Å². The van der Waals surface area contributed by atoms with Crippen LogP contribution in [0.4, 0.5) is 0 Å². The molecular weight excluding hydrogens is 322 g/mol. The number of rotatable bonds is 2. The second-order valence-electron chi connectivity index (χ2n) is 6.54. The Morgan fingerprint density at radius 1 is 1.20 bits per heavy atom. The summed E-state index contributed by atoms with van der Waals surface area (Å²) in [6.45, 7) is 4.88. The van der Waals surface area contributed by atoms with Crippen LogP contribution in [0.25, 0.3) is 5.65 Å². The number of carbonyl (C=O) groups excluding carboxylic acids is 1. The number of H-pyrrole nitrogens is 1. The van der Waals surface area contributed by atoms with Gasteiger partial charge in [-0.3, -0.25) is 14.7 Å². The summed E-state index contributed by atoms with van der Waals surface area (Å²) in [5, 5.41) is 6.92. The van der Waals surface area contributed by atoms with E-state index >= 15 is 0 Å². The predicted molar refractivity (Wildman–Crippen MR) is 89.7 cm³/mol. The number of aryl methyl sites for hydroxylation is 2. The van der Waals surface area contributed by atoms with E-state index in [-0.39, 0.29) is 23.1 Å². The smallest absolute Gasteiger partial charge is 0.292 e. The number of hydrogen-bond donors (Lipinski definition) is 1. The monoisotopic (exact) mass is 341 g/mol. The van der Waals surface area contributed by atoms with Crippen molar-refractivity contribution in [2.75, 3.05) is 13.1 Å². The summed E-state index contributed by atoms with van der Waals surface area (Å²) < 4.78 is 6.53. The Kier molecular flexibility index (Phi) is 3.67. The molecule has 1 fully saturated rings. The zero-order chi connectivity index (χ0) is 17.6. The van der Waals surface area contributed by atoms with Crippen molar-refractivity contribution in [3.8, 4) is 0 Å². The number of hydrogen-bond acceptors (Lipinski definition) is 5. The van der Waals surface area contributed by atoms with E-state index in [9.17, 15) is 9.59 Å². The van der Waals surface area contributed by atoms with Crippen LogP contribution in [-0.2, 0) is 0 Å². The predicted octanol–water partition coefficient (Wildman–Crippen LogP) is 1.65. The van der Waals surface area contributed by atoms with Gasteiger partial charge in [-0.25, -0.2) is 9.50 Å². The molecule has 0 unspecified atom stereocenters. The minimum absolute atomic E-state index is 0.109. The van der Waals surface area contributed by atoms with Crippen molar-refractivity contribution in [1.29, 1.82) is 0 Å². The van der Waals surface area contributed by atoms with Gasteiger partial charge in [0.2, 0.25) is 5.76 Å². The average molecular weight is 341 g/mol. The van der Waals surface area contributed by atoms with Gasteiger partial charge in [0.1, 0.15) is 0 Å². The number of aromatic nitrogens is 4. The van der Waals surface area contributed by atoms with Crippen molar-refractivity contribution in [3.63, 3.8) is 0 Å². The van der Waals surface area contributed by atoms with Gasteiger partial charge in [-0.2, -0.15) is 0 Å². The molecule has 1 aliphatic heterocycles. The summed E-state index contributed by atoms with van der Waals surface area (Å²) in [7, 11) is 0. The van der Waals surface area contributed by atoms with E-state index in [1.54, 1.807) is 17.9 Å². The van der Waals surface area contributed by atoms with Crippen LogP contribution in [0.5, 0.6) is 0 Å². The van der Waals surface area contributed by atoms with Crippen molar-refractivity contribution in [3.05, 3.63) is 51.4 Å². The van der Waals surface area contributed by atoms with Crippen LogP contribution in [0.2, 0.25) is 0 Å². The summed E-state index contributed by atoms with van der Waals surface area (Å²) in [5.74, 6) is 0.430. The van der Waals surface area contributed by atoms with Gasteiger partial charge in [0.15, 0.2) is 5.65 Å². The lowest BCUT2D eigenvalue weighted by Gasteiger charge is -2.30. The highest BCUT2D eigenvalue weighted by molar-refractivity contribution is 5.91. The first-order valence-electron chi connectivity index (χ1n) is 8.33. The molecule has 0 spiro atoms. The normalized spacial score (nSPS) is 15.8. The van der Waals surface area contributed by atoms with E-state index in [1.807, 2.05) is 13.0 Å². The van der Waals surface area contributed by atoms with Gasteiger partial charge in [0.25, 0.3) is 11.5 Å². The third kappa shape index (κ3) is 2.84. The second kappa shape index (κ2) is 5.87. The SMILES string of the molecule is Cc1cc(C(=O)N2CCC(c3cc4nc(C)cc(=O)n4[nH]3)CC2)on1. The molecule has 1 aliphatic rings. The van der Waals surface area contributed by atoms with Gasteiger partial charge in [-0.05, 0) is 26.7 Å². The quantitative estimate of drug-likeness (QED) is 0.764. The lowest BCUT2D eigenvalue weighted by atomic mass is 9.93. The maximum atomic E-state index is 12.4. The Bertz CT molecular complexity index is 991. The first kappa shape index (κ1) is 15.6. The number of amides is 1. The minimum Gasteiger partial charge on any atom is -0.351 e. The molecule has 4 heterocycles. The van der Waals surface area contributed by atoms with Crippen LogP contribution in [0.3, 0.4) is 0 Å². The van der Waals surface area contributed by atoms with Gasteiger partial charge >= 0.3 is 0 Å². The molecule has 1 amide bonds. The summed E-state index contributed by atoms with van der Waals surface area (Å²) in [5.41, 5.74) is 2.92. The standard InChI is InChI=1S/C17H19N5O3/c1-10-8-16(23)22-15(18-10)9-13(19-22)12-3-5-21(6-4-12)17(24)14-7-11(2)20-25-14/h7-9,12,19H,3-6H2,1-2H3. The van der Waals surface area contributed by atoms with Gasteiger partial charge < -0.3 is 9.42 Å². The van der Waals surface area contributed by atoms with E-state index in [1.165, 1.54) is 10.6 Å². The highest BCUT2D eigenvalue weighted by atomic mass is 16.5. The highest BCUT2D eigenvalue weighted by Crippen LogP contribution is 2.28. The van der Waals surface area contributed by atoms with E-state index in [4.69, 9.17) is 4.52 Å². The fourth-order valence-corrected chi connectivity index (χ4v) is 3.35. The number of nitrogens with zero attached hydrogens (tertiary/aromatic N) is 4. The first-order chi connectivity index (χ1) is 12.0. The molecule has 3 aromatic rings. The molecule has 0 radical (unpaired) electrons. The molecule has 1 N–H and O–H groups in total. The van der Waals surface area contributed by atoms with Crippen LogP contribution in [-0.4, -0.2) is 43.7 Å². The van der Waals surface area contributed by atoms with Crippen molar-refractivity contribution < 1.29 is 9.32 Å². The Labute approximate surface area is 143 Å². The minimum atomic E-state index is -0.121. The number of aromatic amines is 1. The van der Waals surface area contributed by atoms with E-state index in [0.717, 1.165) is 18.5 Å². The molecule has 0 saturated carbocycles. The third-order valence-corrected chi connectivity index (χ3v) is 4.66. The first-order valence-corrected chi connectivity index (χ1v) is 8.33. The molecule has 1 saturated heterocycles. The summed E-state index contributed by atoms with van der Waals surface area (Å²) in [6.07, 6.45) is 1.64. The van der Waals surface area contributed by atoms with Gasteiger partial charge in [0.05, 0.1) is 5.69 Å². The Morgan fingerprint density at radius 3 is 2.64 bits per heavy atom. The molecule has 0 atom stereocenters. The number of fused-ring (bicyclic) bond motifs is 1. The zero-order valence-corrected chi connectivity index (χ0v) is 14.2. The molecule has 8 heteroatoms. The van der Waals surface area contributed by atoms with Crippen molar-refractivity contribution in [2.24, 2.45) is 0 Å². The molecule has 0 aromatic carbocycles. The second-order valence-corrected chi connectivity index (χ2v) is 6.54. The summed E-state index contributed by atoms with van der Waals surface area (Å²) >= 11 is 0. The molecule has 25 heavy (non-hydrogen) atoms. The van der Waals surface area contributed by atoms with Gasteiger partial charge in [-0.1, -0.05) is 5.16 Å². The van der Waals surface area contributed by atoms with Crippen molar-refractivity contribution >= 4 is 11.6 Å². The Hall–Kier alpha value is -2.90. The topological polar surface area (TPSA) is 96.5 Å². The van der Waals surface area contributed by atoms with Gasteiger partial charge in [0, 0.05) is 48.6 Å². The Morgan fingerprint density at radius 2 is 1.96 bits per heavy atom. The maximum Gasteiger partial charge on any atom is 0.292 e. The van der Waals surface area contributed by atoms with E-state index in [0.29, 0.717) is 30.1 Å². The molecule has 0 bridgehead atoms. The molecule has 8 nitrogen and oxygen atoms in total. The molecule has 3 aromatic heterocycles. The van der Waals surface area contributed by atoms with Crippen LogP contribution < -0.4 is 5.56 Å². The number of likely N-dealkylation sites (tertiary alicyclic amines) is 1. The lowest BCUT2D eigenvalue weighted by Crippen LogP contribution is -2.37. The van der Waals surface area contributed by atoms with Crippen molar-refractivity contribution in [2.45, 2.75) is 32.6 Å². The average Bonchev–Trinajstić information content (AvgIpc) is 3.21. The third-order valence-electron chi connectivity index (χ3n) is 4.66. The maximum absolute atomic E-state index is 12.4. The van der Waals surface area contributed by atoms with Crippen LogP contribution >= 0.6 is 0 Å². The number of nitrogens with one attached hydrogen (secondary N) is 1. The molecule has 130 valence electrons. The molecule has 4 rings (SSSR count). The number of piperidine rings is 1. The lowest BCUT2D eigenvalue weighted by molar-refractivity contribution is 0.0670. The van der Waals surface area contributed by atoms with Crippen LogP contribution in [0.15, 0.2) is 27.5 Å². The largest absolute Gasteiger partial charge is 0.351 e. The highest BCUT2D eigenvalue weighted by Gasteiger charge is 2.27. The van der Waals surface area contributed by atoms with E-state index < -0.39 is 0 Å². The van der Waals surface area contributed by atoms with E-state index in [2.05, 4.69) is 15.2 Å². The summed E-state index contributed by atoms with van der Waals surface area (Å²) in [4.78, 5) is 30.6. The Balaban J connectivity index is 1.49. The molecule has 0 aliphatic carbocycles. The summed E-state index contributed by atoms with van der Waals surface area (Å²) in [6, 6.07) is 5.09. The molecular formula is C17H19N5O3. The fraction of sp³-hybridized carbons (Fsp3) is 0.412. The fourth-order valence-electron chi connectivity index (χ4n) is 3.35.